The molecule has 1 N–H and O–H groups in total. The molecule has 1 aliphatic heterocycles. The fourth-order valence-corrected chi connectivity index (χ4v) is 3.81. The summed E-state index contributed by atoms with van der Waals surface area (Å²) in [5.74, 6) is -1.03. The van der Waals surface area contributed by atoms with Crippen LogP contribution in [-0.2, 0) is 9.59 Å². The number of amides is 1. The fourth-order valence-electron chi connectivity index (χ4n) is 2.77. The SMILES string of the molecule is Cc1ccsc1C1C(C(=O)C(C)(C)C)=C(O)C(=O)N1CCN(C)C. The molecule has 0 aliphatic carbocycles. The number of rotatable bonds is 5. The van der Waals surface area contributed by atoms with E-state index in [9.17, 15) is 14.7 Å². The number of hydrogen-bond acceptors (Lipinski definition) is 5. The van der Waals surface area contributed by atoms with Crippen LogP contribution in [0.1, 0.15) is 37.3 Å². The van der Waals surface area contributed by atoms with E-state index < -0.39 is 23.1 Å². The zero-order valence-corrected chi connectivity index (χ0v) is 16.0. The van der Waals surface area contributed by atoms with Crippen LogP contribution in [0.15, 0.2) is 22.8 Å². The summed E-state index contributed by atoms with van der Waals surface area (Å²) < 4.78 is 0. The molecule has 0 bridgehead atoms. The van der Waals surface area contributed by atoms with Gasteiger partial charge < -0.3 is 14.9 Å². The van der Waals surface area contributed by atoms with Crippen molar-refractivity contribution in [3.8, 4) is 0 Å². The van der Waals surface area contributed by atoms with Crippen LogP contribution in [0.5, 0.6) is 0 Å². The number of ketones is 1. The number of aryl methyl sites for hydroxylation is 1. The predicted octanol–water partition coefficient (Wildman–Crippen LogP) is 2.93. The third-order valence-electron chi connectivity index (χ3n) is 4.17. The van der Waals surface area contributed by atoms with Gasteiger partial charge in [0, 0.05) is 23.4 Å². The zero-order chi connectivity index (χ0) is 18.2. The van der Waals surface area contributed by atoms with Crippen molar-refractivity contribution in [3.05, 3.63) is 33.2 Å². The van der Waals surface area contributed by atoms with Gasteiger partial charge in [-0.1, -0.05) is 20.8 Å². The van der Waals surface area contributed by atoms with Gasteiger partial charge in [-0.05, 0) is 38.0 Å². The maximum atomic E-state index is 12.9. The quantitative estimate of drug-likeness (QED) is 0.887. The van der Waals surface area contributed by atoms with Crippen LogP contribution in [0.2, 0.25) is 0 Å². The van der Waals surface area contributed by atoms with Crippen molar-refractivity contribution in [2.24, 2.45) is 5.41 Å². The van der Waals surface area contributed by atoms with E-state index in [4.69, 9.17) is 0 Å². The Bertz CT molecular complexity index is 683. The molecule has 1 aromatic rings. The molecule has 132 valence electrons. The Morgan fingerprint density at radius 2 is 2.00 bits per heavy atom. The summed E-state index contributed by atoms with van der Waals surface area (Å²) >= 11 is 1.52. The van der Waals surface area contributed by atoms with Gasteiger partial charge in [0.15, 0.2) is 11.5 Å². The maximum absolute atomic E-state index is 12.9. The van der Waals surface area contributed by atoms with Gasteiger partial charge in [0.2, 0.25) is 0 Å². The van der Waals surface area contributed by atoms with Gasteiger partial charge in [0.1, 0.15) is 0 Å². The molecule has 0 fully saturated rings. The van der Waals surface area contributed by atoms with E-state index >= 15 is 0 Å². The lowest BCUT2D eigenvalue weighted by atomic mass is 9.83. The summed E-state index contributed by atoms with van der Waals surface area (Å²) in [7, 11) is 3.86. The Morgan fingerprint density at radius 1 is 1.38 bits per heavy atom. The molecule has 2 heterocycles. The predicted molar refractivity (Wildman–Crippen MR) is 96.2 cm³/mol. The molecule has 0 aromatic carbocycles. The monoisotopic (exact) mass is 350 g/mol. The standard InChI is InChI=1S/C18H26N2O3S/c1-11-7-10-24-15(11)13-12(16(22)18(2,3)4)14(21)17(23)20(13)9-8-19(5)6/h7,10,13,21H,8-9H2,1-6H3. The lowest BCUT2D eigenvalue weighted by Crippen LogP contribution is -2.37. The number of carbonyl (C=O) groups is 2. The average Bonchev–Trinajstić information content (AvgIpc) is 2.98. The number of likely N-dealkylation sites (N-methyl/N-ethyl adjacent to an activating group) is 1. The number of hydrogen-bond donors (Lipinski definition) is 1. The third kappa shape index (κ3) is 3.39. The van der Waals surface area contributed by atoms with Crippen molar-refractivity contribution in [1.29, 1.82) is 0 Å². The highest BCUT2D eigenvalue weighted by Gasteiger charge is 2.46. The molecule has 1 atom stereocenters. The molecule has 1 aliphatic rings. The lowest BCUT2D eigenvalue weighted by molar-refractivity contribution is -0.129. The molecule has 5 nitrogen and oxygen atoms in total. The molecule has 24 heavy (non-hydrogen) atoms. The summed E-state index contributed by atoms with van der Waals surface area (Å²) in [5.41, 5.74) is 0.600. The molecular weight excluding hydrogens is 324 g/mol. The number of aliphatic hydroxyl groups excluding tert-OH is 1. The van der Waals surface area contributed by atoms with Crippen LogP contribution in [-0.4, -0.2) is 53.8 Å². The molecule has 0 spiro atoms. The molecule has 2 rings (SSSR count). The van der Waals surface area contributed by atoms with E-state index in [0.717, 1.165) is 10.4 Å². The first-order chi connectivity index (χ1) is 11.1. The van der Waals surface area contributed by atoms with Gasteiger partial charge in [-0.2, -0.15) is 0 Å². The van der Waals surface area contributed by atoms with Gasteiger partial charge in [0.25, 0.3) is 5.91 Å². The van der Waals surface area contributed by atoms with Crippen LogP contribution >= 0.6 is 11.3 Å². The first-order valence-electron chi connectivity index (χ1n) is 8.03. The molecule has 0 radical (unpaired) electrons. The molecular formula is C18H26N2O3S. The smallest absolute Gasteiger partial charge is 0.290 e. The van der Waals surface area contributed by atoms with E-state index in [0.29, 0.717) is 13.1 Å². The van der Waals surface area contributed by atoms with E-state index in [-0.39, 0.29) is 11.4 Å². The average molecular weight is 350 g/mol. The highest BCUT2D eigenvalue weighted by Crippen LogP contribution is 2.43. The normalized spacial score (nSPS) is 18.9. The molecule has 0 saturated heterocycles. The minimum Gasteiger partial charge on any atom is -0.503 e. The van der Waals surface area contributed by atoms with Gasteiger partial charge in [-0.15, -0.1) is 11.3 Å². The maximum Gasteiger partial charge on any atom is 0.290 e. The van der Waals surface area contributed by atoms with Crippen LogP contribution in [0.4, 0.5) is 0 Å². The van der Waals surface area contributed by atoms with Crippen LogP contribution < -0.4 is 0 Å². The first kappa shape index (κ1) is 18.7. The minimum absolute atomic E-state index is 0.182. The largest absolute Gasteiger partial charge is 0.503 e. The van der Waals surface area contributed by atoms with Crippen LogP contribution in [0.3, 0.4) is 0 Å². The van der Waals surface area contributed by atoms with E-state index in [1.807, 2.05) is 37.4 Å². The summed E-state index contributed by atoms with van der Waals surface area (Å²) in [6, 6.07) is 1.48. The van der Waals surface area contributed by atoms with Crippen LogP contribution in [0.25, 0.3) is 0 Å². The molecule has 6 heteroatoms. The number of Topliss-reactive ketones (excluding diaryl/α,β-unsaturated/α-hetero) is 1. The number of carbonyl (C=O) groups excluding carboxylic acids is 2. The van der Waals surface area contributed by atoms with Crippen molar-refractivity contribution in [2.45, 2.75) is 33.7 Å². The Morgan fingerprint density at radius 3 is 2.46 bits per heavy atom. The Labute approximate surface area is 147 Å². The summed E-state index contributed by atoms with van der Waals surface area (Å²) in [5, 5.41) is 12.4. The van der Waals surface area contributed by atoms with E-state index in [2.05, 4.69) is 0 Å². The number of nitrogens with zero attached hydrogens (tertiary/aromatic N) is 2. The van der Waals surface area contributed by atoms with E-state index in [1.165, 1.54) is 11.3 Å². The van der Waals surface area contributed by atoms with Crippen molar-refractivity contribution in [2.75, 3.05) is 27.2 Å². The van der Waals surface area contributed by atoms with Crippen molar-refractivity contribution >= 4 is 23.0 Å². The van der Waals surface area contributed by atoms with Crippen molar-refractivity contribution in [1.82, 2.24) is 9.80 Å². The highest BCUT2D eigenvalue weighted by atomic mass is 32.1. The van der Waals surface area contributed by atoms with E-state index in [1.54, 1.807) is 25.7 Å². The second-order valence-corrected chi connectivity index (χ2v) is 8.46. The topological polar surface area (TPSA) is 60.9 Å². The minimum atomic E-state index is -0.662. The first-order valence-corrected chi connectivity index (χ1v) is 8.91. The Hall–Kier alpha value is -1.66. The van der Waals surface area contributed by atoms with Gasteiger partial charge in [-0.3, -0.25) is 9.59 Å². The van der Waals surface area contributed by atoms with Crippen molar-refractivity contribution < 1.29 is 14.7 Å². The van der Waals surface area contributed by atoms with Gasteiger partial charge in [0.05, 0.1) is 11.6 Å². The third-order valence-corrected chi connectivity index (χ3v) is 5.24. The lowest BCUT2D eigenvalue weighted by Gasteiger charge is -2.29. The summed E-state index contributed by atoms with van der Waals surface area (Å²) in [6.45, 7) is 8.51. The fraction of sp³-hybridized carbons (Fsp3) is 0.556. The zero-order valence-electron chi connectivity index (χ0n) is 15.2. The molecule has 1 unspecified atom stereocenters. The second kappa shape index (κ2) is 6.69. The number of thiophene rings is 1. The molecule has 0 saturated carbocycles. The second-order valence-electron chi connectivity index (χ2n) is 7.51. The van der Waals surface area contributed by atoms with Crippen molar-refractivity contribution in [3.63, 3.8) is 0 Å². The Kier molecular flexibility index (Phi) is 5.20. The van der Waals surface area contributed by atoms with Gasteiger partial charge >= 0.3 is 0 Å². The van der Waals surface area contributed by atoms with Crippen LogP contribution in [0, 0.1) is 12.3 Å². The Balaban J connectivity index is 2.52. The van der Waals surface area contributed by atoms with Gasteiger partial charge in [-0.25, -0.2) is 0 Å². The number of aliphatic hydroxyl groups is 1. The summed E-state index contributed by atoms with van der Waals surface area (Å²) in [6.07, 6.45) is 0. The highest BCUT2D eigenvalue weighted by molar-refractivity contribution is 7.10. The molecule has 1 amide bonds. The molecule has 1 aromatic heterocycles. The summed E-state index contributed by atoms with van der Waals surface area (Å²) in [4.78, 5) is 30.1.